The Labute approximate surface area is 182 Å². The maximum Gasteiger partial charge on any atom is 0.202 e. The van der Waals surface area contributed by atoms with Crippen molar-refractivity contribution in [2.45, 2.75) is 71.6 Å². The lowest BCUT2D eigenvalue weighted by Crippen LogP contribution is -2.01. The fourth-order valence-corrected chi connectivity index (χ4v) is 4.49. The number of halogens is 2. The lowest BCUT2D eigenvalue weighted by atomic mass is 10.0. The number of ether oxygens (including phenoxy) is 1. The van der Waals surface area contributed by atoms with Crippen LogP contribution in [-0.2, 0) is 6.42 Å². The molecule has 0 fully saturated rings. The maximum absolute atomic E-state index is 14.6. The zero-order valence-electron chi connectivity index (χ0n) is 18.0. The second-order valence-corrected chi connectivity index (χ2v) is 8.82. The van der Waals surface area contributed by atoms with Gasteiger partial charge in [-0.25, -0.2) is 9.37 Å². The molecule has 30 heavy (non-hydrogen) atoms. The summed E-state index contributed by atoms with van der Waals surface area (Å²) in [6.45, 7) is 4.74. The van der Waals surface area contributed by atoms with Crippen molar-refractivity contribution in [2.75, 3.05) is 6.61 Å². The van der Waals surface area contributed by atoms with Crippen LogP contribution in [-0.4, -0.2) is 11.6 Å². The molecule has 0 aliphatic rings. The molecule has 1 aromatic heterocycles. The van der Waals surface area contributed by atoms with Crippen molar-refractivity contribution < 1.29 is 13.5 Å². The third-order valence-electron chi connectivity index (χ3n) is 5.31. The normalized spacial score (nSPS) is 11.3. The first-order valence-electron chi connectivity index (χ1n) is 11.1. The molecular weight excluding hydrogens is 400 g/mol. The molecule has 1 heterocycles. The molecule has 0 aliphatic heterocycles. The van der Waals surface area contributed by atoms with Crippen LogP contribution in [0.1, 0.15) is 70.8 Å². The number of unbranched alkanes of at least 4 members (excludes halogenated alkanes) is 6. The molecular formula is C25H31F2NOS. The van der Waals surface area contributed by atoms with Crippen molar-refractivity contribution in [2.24, 2.45) is 0 Å². The van der Waals surface area contributed by atoms with Crippen molar-refractivity contribution in [3.63, 3.8) is 0 Å². The first kappa shape index (κ1) is 22.7. The molecule has 0 aliphatic carbocycles. The van der Waals surface area contributed by atoms with Crippen LogP contribution in [0.4, 0.5) is 8.78 Å². The Morgan fingerprint density at radius 3 is 2.27 bits per heavy atom. The molecule has 0 saturated carbocycles. The fraction of sp³-hybridized carbons (Fsp3) is 0.480. The largest absolute Gasteiger partial charge is 0.490 e. The molecule has 3 rings (SSSR count). The van der Waals surface area contributed by atoms with Gasteiger partial charge in [0.05, 0.1) is 11.3 Å². The number of nitrogens with zero attached hydrogens (tertiary/aromatic N) is 1. The van der Waals surface area contributed by atoms with Gasteiger partial charge in [0, 0.05) is 11.6 Å². The molecule has 0 atom stereocenters. The number of hydrogen-bond acceptors (Lipinski definition) is 3. The first-order chi connectivity index (χ1) is 14.6. The molecule has 0 amide bonds. The SMILES string of the molecule is CCCCCCOc1cc2sc(-c3ccc(CCCCCC)cc3)nc2c(F)c1F. The number of hydrogen-bond donors (Lipinski definition) is 0. The van der Waals surface area contributed by atoms with Crippen molar-refractivity contribution in [1.29, 1.82) is 0 Å². The van der Waals surface area contributed by atoms with Crippen molar-refractivity contribution >= 4 is 21.6 Å². The average Bonchev–Trinajstić information content (AvgIpc) is 3.19. The molecule has 2 aromatic carbocycles. The summed E-state index contributed by atoms with van der Waals surface area (Å²) in [6, 6.07) is 9.83. The van der Waals surface area contributed by atoms with Crippen molar-refractivity contribution in [3.05, 3.63) is 47.5 Å². The molecule has 0 bridgehead atoms. The van der Waals surface area contributed by atoms with Crippen LogP contribution in [0.25, 0.3) is 20.8 Å². The molecule has 0 spiro atoms. The van der Waals surface area contributed by atoms with Crippen LogP contribution in [0.2, 0.25) is 0 Å². The number of rotatable bonds is 12. The smallest absolute Gasteiger partial charge is 0.202 e. The molecule has 2 nitrogen and oxygen atoms in total. The summed E-state index contributed by atoms with van der Waals surface area (Å²) in [5, 5.41) is 0.695. The molecule has 162 valence electrons. The van der Waals surface area contributed by atoms with E-state index in [4.69, 9.17) is 4.74 Å². The Hall–Kier alpha value is -2.01. The third kappa shape index (κ3) is 5.78. The van der Waals surface area contributed by atoms with Gasteiger partial charge in [-0.3, -0.25) is 0 Å². The number of benzene rings is 2. The lowest BCUT2D eigenvalue weighted by Gasteiger charge is -2.07. The summed E-state index contributed by atoms with van der Waals surface area (Å²) in [5.74, 6) is -1.89. The van der Waals surface area contributed by atoms with E-state index in [9.17, 15) is 8.78 Å². The lowest BCUT2D eigenvalue weighted by molar-refractivity contribution is 0.286. The van der Waals surface area contributed by atoms with E-state index in [0.29, 0.717) is 16.3 Å². The summed E-state index contributed by atoms with van der Waals surface area (Å²) in [4.78, 5) is 4.37. The van der Waals surface area contributed by atoms with E-state index < -0.39 is 11.6 Å². The minimum Gasteiger partial charge on any atom is -0.490 e. The highest BCUT2D eigenvalue weighted by atomic mass is 32.1. The van der Waals surface area contributed by atoms with Gasteiger partial charge in [0.1, 0.15) is 10.5 Å². The molecule has 0 unspecified atom stereocenters. The number of aromatic nitrogens is 1. The van der Waals surface area contributed by atoms with Gasteiger partial charge in [-0.05, 0) is 24.8 Å². The van der Waals surface area contributed by atoms with Gasteiger partial charge in [0.25, 0.3) is 0 Å². The molecule has 0 radical (unpaired) electrons. The first-order valence-corrected chi connectivity index (χ1v) is 12.0. The zero-order valence-corrected chi connectivity index (χ0v) is 18.8. The summed E-state index contributed by atoms with van der Waals surface area (Å²) < 4.78 is 35.1. The molecule has 0 N–H and O–H groups in total. The number of aryl methyl sites for hydroxylation is 1. The van der Waals surface area contributed by atoms with Crippen LogP contribution < -0.4 is 4.74 Å². The standard InChI is InChI=1S/C25H31F2NOS/c1-3-5-7-9-11-18-12-14-19(15-13-18)25-28-24-21(30-25)17-20(22(26)23(24)27)29-16-10-8-6-4-2/h12-15,17H,3-11,16H2,1-2H3. The Bertz CT molecular complexity index is 936. The zero-order chi connectivity index (χ0) is 21.3. The summed E-state index contributed by atoms with van der Waals surface area (Å²) in [7, 11) is 0. The second-order valence-electron chi connectivity index (χ2n) is 7.79. The minimum atomic E-state index is -0.947. The fourth-order valence-electron chi connectivity index (χ4n) is 3.49. The predicted octanol–water partition coefficient (Wildman–Crippen LogP) is 8.32. The van der Waals surface area contributed by atoms with Crippen molar-refractivity contribution in [3.8, 4) is 16.3 Å². The molecule has 3 aromatic rings. The molecule has 0 saturated heterocycles. The van der Waals surface area contributed by atoms with E-state index in [1.807, 2.05) is 12.1 Å². The van der Waals surface area contributed by atoms with E-state index in [1.54, 1.807) is 6.07 Å². The van der Waals surface area contributed by atoms with Gasteiger partial charge < -0.3 is 4.74 Å². The highest BCUT2D eigenvalue weighted by molar-refractivity contribution is 7.21. The third-order valence-corrected chi connectivity index (χ3v) is 6.36. The Kier molecular flexibility index (Phi) is 8.61. The van der Waals surface area contributed by atoms with Crippen molar-refractivity contribution in [1.82, 2.24) is 4.98 Å². The molecule has 5 heteroatoms. The highest BCUT2D eigenvalue weighted by Crippen LogP contribution is 2.36. The summed E-state index contributed by atoms with van der Waals surface area (Å²) in [6.07, 6.45) is 10.1. The van der Waals surface area contributed by atoms with Crippen LogP contribution in [0, 0.1) is 11.6 Å². The van der Waals surface area contributed by atoms with Crippen LogP contribution >= 0.6 is 11.3 Å². The summed E-state index contributed by atoms with van der Waals surface area (Å²) in [5.41, 5.74) is 2.30. The van der Waals surface area contributed by atoms with E-state index in [2.05, 4.69) is 31.0 Å². The Morgan fingerprint density at radius 2 is 1.57 bits per heavy atom. The topological polar surface area (TPSA) is 22.1 Å². The Balaban J connectivity index is 1.72. The number of thiazole rings is 1. The van der Waals surface area contributed by atoms with E-state index in [-0.39, 0.29) is 11.3 Å². The van der Waals surface area contributed by atoms with Gasteiger partial charge in [-0.15, -0.1) is 11.3 Å². The highest BCUT2D eigenvalue weighted by Gasteiger charge is 2.19. The number of fused-ring (bicyclic) bond motifs is 1. The van der Waals surface area contributed by atoms with Gasteiger partial charge in [-0.1, -0.05) is 76.6 Å². The Morgan fingerprint density at radius 1 is 0.867 bits per heavy atom. The van der Waals surface area contributed by atoms with Crippen LogP contribution in [0.5, 0.6) is 5.75 Å². The minimum absolute atomic E-state index is 0.0193. The quantitative estimate of drug-likeness (QED) is 0.269. The van der Waals surface area contributed by atoms with E-state index in [1.165, 1.54) is 42.6 Å². The van der Waals surface area contributed by atoms with Gasteiger partial charge >= 0.3 is 0 Å². The van der Waals surface area contributed by atoms with Gasteiger partial charge in [-0.2, -0.15) is 4.39 Å². The van der Waals surface area contributed by atoms with Crippen LogP contribution in [0.3, 0.4) is 0 Å². The monoisotopic (exact) mass is 431 g/mol. The summed E-state index contributed by atoms with van der Waals surface area (Å²) >= 11 is 1.37. The second kappa shape index (κ2) is 11.4. The maximum atomic E-state index is 14.6. The predicted molar refractivity (Wildman–Crippen MR) is 122 cm³/mol. The van der Waals surface area contributed by atoms with Gasteiger partial charge in [0.2, 0.25) is 5.82 Å². The van der Waals surface area contributed by atoms with E-state index >= 15 is 0 Å². The van der Waals surface area contributed by atoms with Crippen LogP contribution in [0.15, 0.2) is 30.3 Å². The average molecular weight is 432 g/mol. The van der Waals surface area contributed by atoms with Gasteiger partial charge in [0.15, 0.2) is 11.6 Å². The van der Waals surface area contributed by atoms with E-state index in [0.717, 1.165) is 37.7 Å².